The van der Waals surface area contributed by atoms with E-state index in [-0.39, 0.29) is 11.4 Å². The van der Waals surface area contributed by atoms with E-state index in [9.17, 15) is 4.79 Å². The standard InChI is InChI=1S/C22H23NO2S/c1-16-12-19(24)14-22(25-16,18-7-2-3-8-18)11-5-4-6-17-9-10-21-20(13-17)23-15-26-21/h9-10,13,15,18H,1-3,5,7-8,11-12,14H2. The van der Waals surface area contributed by atoms with Gasteiger partial charge in [-0.25, -0.2) is 4.98 Å². The van der Waals surface area contributed by atoms with Crippen LogP contribution in [0.15, 0.2) is 36.0 Å². The van der Waals surface area contributed by atoms with Crippen molar-refractivity contribution in [2.75, 3.05) is 0 Å². The van der Waals surface area contributed by atoms with Gasteiger partial charge in [0.05, 0.1) is 27.9 Å². The molecule has 4 heteroatoms. The number of hydrogen-bond acceptors (Lipinski definition) is 4. The molecule has 1 atom stereocenters. The maximum atomic E-state index is 12.2. The maximum absolute atomic E-state index is 12.2. The Hall–Kier alpha value is -2.12. The Labute approximate surface area is 158 Å². The van der Waals surface area contributed by atoms with Crippen molar-refractivity contribution in [1.82, 2.24) is 4.98 Å². The van der Waals surface area contributed by atoms with Gasteiger partial charge < -0.3 is 4.74 Å². The molecule has 1 saturated carbocycles. The summed E-state index contributed by atoms with van der Waals surface area (Å²) in [6.45, 7) is 3.95. The van der Waals surface area contributed by atoms with Crippen molar-refractivity contribution in [2.45, 2.75) is 57.0 Å². The molecule has 0 N–H and O–H groups in total. The molecule has 3 nitrogen and oxygen atoms in total. The lowest BCUT2D eigenvalue weighted by atomic mass is 9.76. The molecule has 26 heavy (non-hydrogen) atoms. The molecule has 1 aliphatic heterocycles. The number of fused-ring (bicyclic) bond motifs is 1. The van der Waals surface area contributed by atoms with E-state index in [1.807, 2.05) is 17.6 Å². The number of Topliss-reactive ketones (excluding diaryl/α,β-unsaturated/α-hetero) is 1. The highest BCUT2D eigenvalue weighted by atomic mass is 32.1. The molecule has 1 aromatic heterocycles. The van der Waals surface area contributed by atoms with Gasteiger partial charge in [-0.05, 0) is 43.4 Å². The van der Waals surface area contributed by atoms with Crippen LogP contribution in [-0.2, 0) is 9.53 Å². The van der Waals surface area contributed by atoms with E-state index in [1.165, 1.54) is 17.5 Å². The minimum Gasteiger partial charge on any atom is -0.491 e. The SMILES string of the molecule is C=C1CC(=O)CC(CCC#Cc2ccc3scnc3c2)(C2CCCC2)O1. The molecule has 1 unspecified atom stereocenters. The zero-order valence-electron chi connectivity index (χ0n) is 14.9. The van der Waals surface area contributed by atoms with Gasteiger partial charge in [-0.15, -0.1) is 11.3 Å². The van der Waals surface area contributed by atoms with Crippen molar-refractivity contribution < 1.29 is 9.53 Å². The zero-order chi connectivity index (χ0) is 18.0. The Kier molecular flexibility index (Phi) is 4.82. The van der Waals surface area contributed by atoms with Crippen LogP contribution in [0.3, 0.4) is 0 Å². The van der Waals surface area contributed by atoms with Gasteiger partial charge in [0, 0.05) is 18.4 Å². The van der Waals surface area contributed by atoms with E-state index in [4.69, 9.17) is 4.74 Å². The molecule has 0 amide bonds. The van der Waals surface area contributed by atoms with Crippen molar-refractivity contribution in [2.24, 2.45) is 5.92 Å². The average molecular weight is 365 g/mol. The van der Waals surface area contributed by atoms with Gasteiger partial charge in [-0.3, -0.25) is 4.79 Å². The Morgan fingerprint density at radius 3 is 3.00 bits per heavy atom. The topological polar surface area (TPSA) is 39.2 Å². The second kappa shape index (κ2) is 7.25. The molecule has 1 aromatic carbocycles. The number of ketones is 1. The Balaban J connectivity index is 1.48. The van der Waals surface area contributed by atoms with E-state index in [0.29, 0.717) is 24.5 Å². The fraction of sp³-hybridized carbons (Fsp3) is 0.455. The molecule has 4 rings (SSSR count). The second-order valence-corrected chi connectivity index (χ2v) is 8.30. The summed E-state index contributed by atoms with van der Waals surface area (Å²) in [5.41, 5.74) is 3.47. The fourth-order valence-corrected chi connectivity index (χ4v) is 5.03. The van der Waals surface area contributed by atoms with E-state index in [1.54, 1.807) is 11.3 Å². The Morgan fingerprint density at radius 2 is 2.19 bits per heavy atom. The molecular formula is C22H23NO2S. The van der Waals surface area contributed by atoms with E-state index < -0.39 is 0 Å². The Morgan fingerprint density at radius 1 is 1.35 bits per heavy atom. The predicted octanol–water partition coefficient (Wildman–Crippen LogP) is 5.25. The van der Waals surface area contributed by atoms with Crippen LogP contribution in [-0.4, -0.2) is 16.4 Å². The number of allylic oxidation sites excluding steroid dienone is 1. The summed E-state index contributed by atoms with van der Waals surface area (Å²) in [7, 11) is 0. The van der Waals surface area contributed by atoms with Gasteiger partial charge in [0.25, 0.3) is 0 Å². The number of carbonyl (C=O) groups excluding carboxylic acids is 1. The summed E-state index contributed by atoms with van der Waals surface area (Å²) < 4.78 is 7.42. The van der Waals surface area contributed by atoms with E-state index >= 15 is 0 Å². The van der Waals surface area contributed by atoms with E-state index in [0.717, 1.165) is 36.8 Å². The quantitative estimate of drug-likeness (QED) is 0.697. The van der Waals surface area contributed by atoms with Crippen LogP contribution in [0.4, 0.5) is 0 Å². The number of rotatable bonds is 3. The third-order valence-electron chi connectivity index (χ3n) is 5.57. The summed E-state index contributed by atoms with van der Waals surface area (Å²) in [5, 5.41) is 0. The molecule has 2 aromatic rings. The number of ether oxygens (including phenoxy) is 1. The largest absolute Gasteiger partial charge is 0.491 e. The van der Waals surface area contributed by atoms with Crippen LogP contribution in [0.25, 0.3) is 10.2 Å². The highest BCUT2D eigenvalue weighted by molar-refractivity contribution is 7.16. The van der Waals surface area contributed by atoms with Crippen molar-refractivity contribution in [3.05, 3.63) is 41.6 Å². The second-order valence-electron chi connectivity index (χ2n) is 7.42. The number of aromatic nitrogens is 1. The Bertz CT molecular complexity index is 879. The lowest BCUT2D eigenvalue weighted by molar-refractivity contribution is -0.138. The van der Waals surface area contributed by atoms with Gasteiger partial charge in [0.15, 0.2) is 0 Å². The molecule has 0 bridgehead atoms. The van der Waals surface area contributed by atoms with Gasteiger partial charge in [-0.2, -0.15) is 0 Å². The highest BCUT2D eigenvalue weighted by Gasteiger charge is 2.46. The van der Waals surface area contributed by atoms with Gasteiger partial charge in [0.2, 0.25) is 0 Å². The number of carbonyl (C=O) groups is 1. The fourth-order valence-electron chi connectivity index (χ4n) is 4.37. The van der Waals surface area contributed by atoms with Crippen LogP contribution in [0.5, 0.6) is 0 Å². The normalized spacial score (nSPS) is 23.7. The lowest BCUT2D eigenvalue weighted by Gasteiger charge is -2.42. The molecule has 1 aliphatic carbocycles. The first kappa shape index (κ1) is 17.3. The predicted molar refractivity (Wildman–Crippen MR) is 105 cm³/mol. The minimum absolute atomic E-state index is 0.259. The number of benzene rings is 1. The zero-order valence-corrected chi connectivity index (χ0v) is 15.7. The van der Waals surface area contributed by atoms with Crippen LogP contribution >= 0.6 is 11.3 Å². The monoisotopic (exact) mass is 365 g/mol. The van der Waals surface area contributed by atoms with Crippen molar-refractivity contribution in [3.63, 3.8) is 0 Å². The van der Waals surface area contributed by atoms with Gasteiger partial charge in [0.1, 0.15) is 11.4 Å². The summed E-state index contributed by atoms with van der Waals surface area (Å²) >= 11 is 1.64. The summed E-state index contributed by atoms with van der Waals surface area (Å²) in [5.74, 6) is 7.89. The molecule has 134 valence electrons. The molecule has 2 heterocycles. The highest BCUT2D eigenvalue weighted by Crippen LogP contribution is 2.45. The minimum atomic E-state index is -0.379. The summed E-state index contributed by atoms with van der Waals surface area (Å²) in [6.07, 6.45) is 7.17. The molecular weight excluding hydrogens is 342 g/mol. The number of thiazole rings is 1. The molecule has 2 fully saturated rings. The first-order valence-corrected chi connectivity index (χ1v) is 10.2. The maximum Gasteiger partial charge on any atom is 0.144 e. The molecule has 2 aliphatic rings. The van der Waals surface area contributed by atoms with Crippen LogP contribution in [0, 0.1) is 17.8 Å². The average Bonchev–Trinajstić information content (AvgIpc) is 3.29. The van der Waals surface area contributed by atoms with Gasteiger partial charge in [-0.1, -0.05) is 31.3 Å². The molecule has 0 spiro atoms. The third-order valence-corrected chi connectivity index (χ3v) is 6.38. The lowest BCUT2D eigenvalue weighted by Crippen LogP contribution is -2.44. The third kappa shape index (κ3) is 3.54. The van der Waals surface area contributed by atoms with Gasteiger partial charge >= 0.3 is 0 Å². The van der Waals surface area contributed by atoms with Crippen LogP contribution in [0.2, 0.25) is 0 Å². The smallest absolute Gasteiger partial charge is 0.144 e. The summed E-state index contributed by atoms with van der Waals surface area (Å²) in [6, 6.07) is 6.15. The molecule has 1 saturated heterocycles. The van der Waals surface area contributed by atoms with Crippen molar-refractivity contribution in [3.8, 4) is 11.8 Å². The van der Waals surface area contributed by atoms with Crippen molar-refractivity contribution >= 4 is 27.3 Å². The first-order valence-electron chi connectivity index (χ1n) is 9.35. The number of nitrogens with zero attached hydrogens (tertiary/aromatic N) is 1. The summed E-state index contributed by atoms with van der Waals surface area (Å²) in [4.78, 5) is 16.6. The van der Waals surface area contributed by atoms with E-state index in [2.05, 4.69) is 29.5 Å². The van der Waals surface area contributed by atoms with Crippen LogP contribution < -0.4 is 0 Å². The number of hydrogen-bond donors (Lipinski definition) is 0. The van der Waals surface area contributed by atoms with Crippen molar-refractivity contribution in [1.29, 1.82) is 0 Å². The van der Waals surface area contributed by atoms with Crippen LogP contribution in [0.1, 0.15) is 56.9 Å². The first-order chi connectivity index (χ1) is 12.6. The molecule has 0 radical (unpaired) electrons.